The summed E-state index contributed by atoms with van der Waals surface area (Å²) in [6.07, 6.45) is 0. The largest absolute Gasteiger partial charge is 0.379 e. The second-order valence-corrected chi connectivity index (χ2v) is 10.5. The van der Waals surface area contributed by atoms with Gasteiger partial charge in [-0.25, -0.2) is 4.98 Å². The molecular formula is C23H28N4O3S2. The lowest BCUT2D eigenvalue weighted by Gasteiger charge is -2.26. The van der Waals surface area contributed by atoms with E-state index < -0.39 is 0 Å². The van der Waals surface area contributed by atoms with Crippen molar-refractivity contribution in [2.45, 2.75) is 38.3 Å². The average molecular weight is 473 g/mol. The van der Waals surface area contributed by atoms with Crippen LogP contribution < -0.4 is 10.9 Å². The van der Waals surface area contributed by atoms with Gasteiger partial charge in [-0.15, -0.1) is 23.1 Å². The molecule has 2 N–H and O–H groups in total. The summed E-state index contributed by atoms with van der Waals surface area (Å²) in [6, 6.07) is 7.99. The van der Waals surface area contributed by atoms with Gasteiger partial charge in [0.2, 0.25) is 5.91 Å². The van der Waals surface area contributed by atoms with Crippen LogP contribution in [0.5, 0.6) is 0 Å². The van der Waals surface area contributed by atoms with Crippen molar-refractivity contribution in [1.29, 1.82) is 0 Å². The van der Waals surface area contributed by atoms with Gasteiger partial charge >= 0.3 is 0 Å². The summed E-state index contributed by atoms with van der Waals surface area (Å²) in [5.41, 5.74) is 2.84. The van der Waals surface area contributed by atoms with Gasteiger partial charge < -0.3 is 15.0 Å². The van der Waals surface area contributed by atoms with Gasteiger partial charge in [0.05, 0.1) is 29.6 Å². The van der Waals surface area contributed by atoms with E-state index in [0.717, 1.165) is 53.8 Å². The fraction of sp³-hybridized carbons (Fsp3) is 0.435. The Labute approximate surface area is 195 Å². The SMILES string of the molecule is Cc1sc2nc(CSC(C)C(=O)Nc3cccc(CN4CCOCC4)c3)[nH]c(=O)c2c1C. The zero-order chi connectivity index (χ0) is 22.7. The lowest BCUT2D eigenvalue weighted by molar-refractivity contribution is -0.115. The molecule has 4 rings (SSSR count). The highest BCUT2D eigenvalue weighted by Gasteiger charge is 2.17. The molecule has 32 heavy (non-hydrogen) atoms. The number of hydrogen-bond donors (Lipinski definition) is 2. The Kier molecular flexibility index (Phi) is 7.30. The first kappa shape index (κ1) is 23.0. The summed E-state index contributed by atoms with van der Waals surface area (Å²) in [6.45, 7) is 10.1. The van der Waals surface area contributed by atoms with Crippen LogP contribution in [0, 0.1) is 13.8 Å². The second kappa shape index (κ2) is 10.2. The molecule has 0 bridgehead atoms. The number of nitrogens with zero attached hydrogens (tertiary/aromatic N) is 2. The van der Waals surface area contributed by atoms with Gasteiger partial charge in [-0.3, -0.25) is 14.5 Å². The molecule has 0 radical (unpaired) electrons. The number of aryl methyl sites for hydroxylation is 2. The number of hydrogen-bond acceptors (Lipinski definition) is 7. The predicted octanol–water partition coefficient (Wildman–Crippen LogP) is 3.69. The fourth-order valence-electron chi connectivity index (χ4n) is 3.66. The minimum absolute atomic E-state index is 0.0650. The van der Waals surface area contributed by atoms with E-state index in [4.69, 9.17) is 4.74 Å². The maximum atomic E-state index is 12.7. The number of morpholine rings is 1. The van der Waals surface area contributed by atoms with E-state index in [-0.39, 0.29) is 16.7 Å². The van der Waals surface area contributed by atoms with E-state index in [0.29, 0.717) is 17.0 Å². The molecule has 1 fully saturated rings. The molecule has 3 heterocycles. The molecular weight excluding hydrogens is 444 g/mol. The third-order valence-corrected chi connectivity index (χ3v) is 7.89. The molecule has 1 atom stereocenters. The summed E-state index contributed by atoms with van der Waals surface area (Å²) in [4.78, 5) is 36.8. The minimum atomic E-state index is -0.286. The molecule has 7 nitrogen and oxygen atoms in total. The van der Waals surface area contributed by atoms with E-state index >= 15 is 0 Å². The third kappa shape index (κ3) is 5.40. The number of anilines is 1. The summed E-state index contributed by atoms with van der Waals surface area (Å²) >= 11 is 2.99. The lowest BCUT2D eigenvalue weighted by Crippen LogP contribution is -2.35. The highest BCUT2D eigenvalue weighted by molar-refractivity contribution is 7.99. The van der Waals surface area contributed by atoms with Crippen LogP contribution in [0.3, 0.4) is 0 Å². The summed E-state index contributed by atoms with van der Waals surface area (Å²) in [5, 5.41) is 3.40. The van der Waals surface area contributed by atoms with Crippen molar-refractivity contribution in [3.05, 3.63) is 56.4 Å². The zero-order valence-electron chi connectivity index (χ0n) is 18.6. The second-order valence-electron chi connectivity index (χ2n) is 8.01. The Hall–Kier alpha value is -2.20. The Morgan fingerprint density at radius 2 is 2.12 bits per heavy atom. The molecule has 9 heteroatoms. The van der Waals surface area contributed by atoms with Crippen LogP contribution in [-0.4, -0.2) is 52.3 Å². The standard InChI is InChI=1S/C23H28N4O3S2/c1-14-15(2)32-23-20(14)22(29)25-19(26-23)13-31-16(3)21(28)24-18-6-4-5-17(11-18)12-27-7-9-30-10-8-27/h4-6,11,16H,7-10,12-13H2,1-3H3,(H,24,28)(H,25,26,29). The smallest absolute Gasteiger partial charge is 0.259 e. The Morgan fingerprint density at radius 1 is 1.34 bits per heavy atom. The van der Waals surface area contributed by atoms with E-state index in [1.54, 1.807) is 0 Å². The number of thiophene rings is 1. The minimum Gasteiger partial charge on any atom is -0.379 e. The molecule has 2 aromatic heterocycles. The number of nitrogens with one attached hydrogen (secondary N) is 2. The number of ether oxygens (including phenoxy) is 1. The number of rotatable bonds is 7. The maximum Gasteiger partial charge on any atom is 0.259 e. The highest BCUT2D eigenvalue weighted by atomic mass is 32.2. The molecule has 1 amide bonds. The molecule has 1 aliphatic heterocycles. The number of fused-ring (bicyclic) bond motifs is 1. The molecule has 0 aliphatic carbocycles. The van der Waals surface area contributed by atoms with E-state index in [1.807, 2.05) is 39.0 Å². The van der Waals surface area contributed by atoms with Gasteiger partial charge in [-0.1, -0.05) is 12.1 Å². The predicted molar refractivity (Wildman–Crippen MR) is 132 cm³/mol. The maximum absolute atomic E-state index is 12.7. The van der Waals surface area contributed by atoms with Gasteiger partial charge in [-0.05, 0) is 44.0 Å². The van der Waals surface area contributed by atoms with Crippen LogP contribution in [0.4, 0.5) is 5.69 Å². The number of aromatic amines is 1. The van der Waals surface area contributed by atoms with Crippen molar-refractivity contribution in [1.82, 2.24) is 14.9 Å². The lowest BCUT2D eigenvalue weighted by atomic mass is 10.2. The monoisotopic (exact) mass is 472 g/mol. The molecule has 1 saturated heterocycles. The van der Waals surface area contributed by atoms with E-state index in [9.17, 15) is 9.59 Å². The summed E-state index contributed by atoms with van der Waals surface area (Å²) < 4.78 is 5.40. The molecule has 170 valence electrons. The van der Waals surface area contributed by atoms with Gasteiger partial charge in [0, 0.05) is 30.2 Å². The Bertz CT molecular complexity index is 1170. The number of thioether (sulfide) groups is 1. The van der Waals surface area contributed by atoms with Crippen molar-refractivity contribution in [3.63, 3.8) is 0 Å². The topological polar surface area (TPSA) is 87.3 Å². The fourth-order valence-corrected chi connectivity index (χ4v) is 5.46. The Morgan fingerprint density at radius 3 is 2.91 bits per heavy atom. The van der Waals surface area contributed by atoms with Gasteiger partial charge in [0.15, 0.2) is 0 Å². The van der Waals surface area contributed by atoms with Gasteiger partial charge in [0.1, 0.15) is 10.7 Å². The van der Waals surface area contributed by atoms with Crippen molar-refractivity contribution in [2.75, 3.05) is 31.6 Å². The zero-order valence-corrected chi connectivity index (χ0v) is 20.2. The quantitative estimate of drug-likeness (QED) is 0.545. The van der Waals surface area contributed by atoms with Crippen LogP contribution in [0.25, 0.3) is 10.2 Å². The van der Waals surface area contributed by atoms with Crippen molar-refractivity contribution < 1.29 is 9.53 Å². The normalized spacial score (nSPS) is 15.7. The van der Waals surface area contributed by atoms with Crippen LogP contribution in [0.2, 0.25) is 0 Å². The number of benzene rings is 1. The van der Waals surface area contributed by atoms with Crippen molar-refractivity contribution >= 4 is 44.9 Å². The van der Waals surface area contributed by atoms with Crippen LogP contribution >= 0.6 is 23.1 Å². The molecule has 1 aromatic carbocycles. The third-order valence-electron chi connectivity index (χ3n) is 5.63. The van der Waals surface area contributed by atoms with Crippen LogP contribution in [-0.2, 0) is 21.8 Å². The first-order valence-electron chi connectivity index (χ1n) is 10.7. The van der Waals surface area contributed by atoms with E-state index in [2.05, 4.69) is 26.3 Å². The Balaban J connectivity index is 1.34. The average Bonchev–Trinajstić information content (AvgIpc) is 3.06. The summed E-state index contributed by atoms with van der Waals surface area (Å²) in [5.74, 6) is 0.998. The molecule has 1 unspecified atom stereocenters. The first-order valence-corrected chi connectivity index (χ1v) is 12.6. The number of amides is 1. The number of carbonyl (C=O) groups excluding carboxylic acids is 1. The van der Waals surface area contributed by atoms with Crippen molar-refractivity contribution in [2.24, 2.45) is 0 Å². The van der Waals surface area contributed by atoms with Crippen molar-refractivity contribution in [3.8, 4) is 0 Å². The highest BCUT2D eigenvalue weighted by Crippen LogP contribution is 2.26. The number of H-pyrrole nitrogens is 1. The number of aromatic nitrogens is 2. The molecule has 0 saturated carbocycles. The molecule has 3 aromatic rings. The van der Waals surface area contributed by atoms with Gasteiger partial charge in [0.25, 0.3) is 5.56 Å². The first-order chi connectivity index (χ1) is 15.4. The molecule has 1 aliphatic rings. The molecule has 0 spiro atoms. The van der Waals surface area contributed by atoms with Gasteiger partial charge in [-0.2, -0.15) is 0 Å². The van der Waals surface area contributed by atoms with Crippen LogP contribution in [0.15, 0.2) is 29.1 Å². The number of carbonyl (C=O) groups is 1. The summed E-state index contributed by atoms with van der Waals surface area (Å²) in [7, 11) is 0. The van der Waals surface area contributed by atoms with Crippen LogP contribution in [0.1, 0.15) is 28.8 Å². The van der Waals surface area contributed by atoms with E-state index in [1.165, 1.54) is 28.7 Å².